The third-order valence-corrected chi connectivity index (χ3v) is 7.80. The number of aliphatic hydroxyl groups is 2. The van der Waals surface area contributed by atoms with Crippen LogP contribution < -0.4 is 15.1 Å². The van der Waals surface area contributed by atoms with Crippen LogP contribution in [-0.2, 0) is 9.53 Å². The molecule has 10 heteroatoms. The van der Waals surface area contributed by atoms with Crippen molar-refractivity contribution in [3.8, 4) is 17.2 Å². The van der Waals surface area contributed by atoms with Crippen LogP contribution in [0.4, 0.5) is 0 Å². The summed E-state index contributed by atoms with van der Waals surface area (Å²) in [6.45, 7) is 6.76. The van der Waals surface area contributed by atoms with Gasteiger partial charge in [0.05, 0.1) is 37.1 Å². The summed E-state index contributed by atoms with van der Waals surface area (Å²) in [4.78, 5) is 26.9. The molecular weight excluding hydrogens is 518 g/mol. The molecule has 1 saturated heterocycles. The van der Waals surface area contributed by atoms with E-state index in [0.717, 1.165) is 0 Å². The minimum absolute atomic E-state index is 0.120. The molecule has 0 saturated carbocycles. The van der Waals surface area contributed by atoms with Gasteiger partial charge in [-0.3, -0.25) is 4.79 Å². The summed E-state index contributed by atoms with van der Waals surface area (Å²) in [6.07, 6.45) is -2.79. The van der Waals surface area contributed by atoms with Crippen LogP contribution in [0.3, 0.4) is 0 Å². The van der Waals surface area contributed by atoms with Crippen molar-refractivity contribution in [2.24, 2.45) is 0 Å². The zero-order valence-electron chi connectivity index (χ0n) is 22.8. The number of hydrogen-bond donors (Lipinski definition) is 3. The number of methoxy groups -OCH3 is 2. The van der Waals surface area contributed by atoms with Crippen LogP contribution in [0.15, 0.2) is 46.1 Å². The fourth-order valence-electron chi connectivity index (χ4n) is 5.67. The quantitative estimate of drug-likeness (QED) is 0.252. The first-order valence-electron chi connectivity index (χ1n) is 12.7. The Balaban J connectivity index is 1.91. The molecule has 2 heterocycles. The third kappa shape index (κ3) is 4.07. The predicted octanol–water partition coefficient (Wildman–Crippen LogP) is 3.49. The molecule has 1 aliphatic heterocycles. The van der Waals surface area contributed by atoms with Crippen LogP contribution in [-0.4, -0.2) is 71.7 Å². The van der Waals surface area contributed by atoms with Crippen molar-refractivity contribution in [1.82, 2.24) is 4.90 Å². The first-order chi connectivity index (χ1) is 19.0. The number of carbonyl (C=O) groups excluding carboxylic acids is 1. The molecular formula is C30H31NO9. The van der Waals surface area contributed by atoms with Gasteiger partial charge in [0, 0.05) is 30.1 Å². The van der Waals surface area contributed by atoms with E-state index in [-0.39, 0.29) is 39.1 Å². The number of ether oxygens (including phenoxy) is 3. The SMILES string of the molecule is C=Cc1cc(OC)c2c(c1)c(=O)oc1c2cc(OC)c2c(O)ccc([C@H]3O[C@@H](C)[C@H](O)[C@H](N(C)C(C)=O)[C@@H]3O)c21. The molecule has 1 amide bonds. The highest BCUT2D eigenvalue weighted by Crippen LogP contribution is 2.47. The molecule has 1 aliphatic rings. The lowest BCUT2D eigenvalue weighted by Crippen LogP contribution is -2.60. The molecule has 0 unspecified atom stereocenters. The Kier molecular flexibility index (Phi) is 6.95. The highest BCUT2D eigenvalue weighted by molar-refractivity contribution is 6.19. The van der Waals surface area contributed by atoms with Crippen LogP contribution in [0, 0.1) is 0 Å². The lowest BCUT2D eigenvalue weighted by molar-refractivity contribution is -0.201. The summed E-state index contributed by atoms with van der Waals surface area (Å²) in [5, 5.41) is 35.0. The second-order valence-corrected chi connectivity index (χ2v) is 9.98. The van der Waals surface area contributed by atoms with E-state index in [4.69, 9.17) is 18.6 Å². The number of aliphatic hydroxyl groups excluding tert-OH is 2. The van der Waals surface area contributed by atoms with Gasteiger partial charge < -0.3 is 38.8 Å². The van der Waals surface area contributed by atoms with Gasteiger partial charge in [0.25, 0.3) is 0 Å². The van der Waals surface area contributed by atoms with Gasteiger partial charge in [0.2, 0.25) is 5.91 Å². The van der Waals surface area contributed by atoms with Gasteiger partial charge in [0.15, 0.2) is 0 Å². The number of likely N-dealkylation sites (N-methyl/N-ethyl adjacent to an activating group) is 1. The molecule has 3 aromatic carbocycles. The molecule has 5 atom stereocenters. The fourth-order valence-corrected chi connectivity index (χ4v) is 5.67. The summed E-state index contributed by atoms with van der Waals surface area (Å²) >= 11 is 0. The lowest BCUT2D eigenvalue weighted by Gasteiger charge is -2.45. The number of phenolic OH excluding ortho intramolecular Hbond substituents is 1. The summed E-state index contributed by atoms with van der Waals surface area (Å²) in [5.41, 5.74) is 0.506. The number of aromatic hydroxyl groups is 1. The molecule has 210 valence electrons. The number of phenols is 1. The van der Waals surface area contributed by atoms with Crippen molar-refractivity contribution in [2.75, 3.05) is 21.3 Å². The zero-order chi connectivity index (χ0) is 29.0. The van der Waals surface area contributed by atoms with Gasteiger partial charge in [-0.25, -0.2) is 4.79 Å². The number of nitrogens with zero attached hydrogens (tertiary/aromatic N) is 1. The van der Waals surface area contributed by atoms with Crippen LogP contribution in [0.5, 0.6) is 17.2 Å². The first-order valence-corrected chi connectivity index (χ1v) is 12.7. The molecule has 40 heavy (non-hydrogen) atoms. The maximum absolute atomic E-state index is 13.4. The van der Waals surface area contributed by atoms with Gasteiger partial charge in [-0.05, 0) is 42.3 Å². The Hall–Kier alpha value is -4.12. The molecule has 0 bridgehead atoms. The number of rotatable bonds is 5. The van der Waals surface area contributed by atoms with Crippen LogP contribution in [0.25, 0.3) is 38.6 Å². The van der Waals surface area contributed by atoms with Gasteiger partial charge in [-0.15, -0.1) is 0 Å². The maximum atomic E-state index is 13.4. The molecule has 10 nitrogen and oxygen atoms in total. The van der Waals surface area contributed by atoms with Crippen molar-refractivity contribution in [3.63, 3.8) is 0 Å². The third-order valence-electron chi connectivity index (χ3n) is 7.80. The number of fused-ring (bicyclic) bond motifs is 5. The Morgan fingerprint density at radius 3 is 2.33 bits per heavy atom. The van der Waals surface area contributed by atoms with Gasteiger partial charge in [-0.2, -0.15) is 0 Å². The van der Waals surface area contributed by atoms with Crippen molar-refractivity contribution >= 4 is 44.5 Å². The summed E-state index contributed by atoms with van der Waals surface area (Å²) < 4.78 is 23.3. The van der Waals surface area contributed by atoms with Crippen molar-refractivity contribution in [3.05, 3.63) is 58.5 Å². The van der Waals surface area contributed by atoms with Crippen molar-refractivity contribution < 1.29 is 38.7 Å². The summed E-state index contributed by atoms with van der Waals surface area (Å²) in [7, 11) is 4.43. The summed E-state index contributed by atoms with van der Waals surface area (Å²) in [5.74, 6) is 0.192. The molecule has 1 fully saturated rings. The van der Waals surface area contributed by atoms with Crippen LogP contribution >= 0.6 is 0 Å². The Labute approximate surface area is 229 Å². The smallest absolute Gasteiger partial charge is 0.344 e. The Morgan fingerprint density at radius 1 is 1.02 bits per heavy atom. The maximum Gasteiger partial charge on any atom is 0.344 e. The van der Waals surface area contributed by atoms with E-state index in [1.807, 2.05) is 0 Å². The zero-order valence-corrected chi connectivity index (χ0v) is 22.8. The largest absolute Gasteiger partial charge is 0.507 e. The number of hydrogen-bond acceptors (Lipinski definition) is 9. The van der Waals surface area contributed by atoms with Crippen molar-refractivity contribution in [1.29, 1.82) is 0 Å². The predicted molar refractivity (Wildman–Crippen MR) is 150 cm³/mol. The second kappa shape index (κ2) is 10.1. The van der Waals surface area contributed by atoms with Gasteiger partial charge >= 0.3 is 5.63 Å². The number of benzene rings is 3. The standard InChI is InChI=1S/C30H31NO9/c1-7-15-10-18-22(20(11-15)37-5)17-12-21(38-6)24-19(33)9-8-16(23(24)28(17)40-30(18)36)29-27(35)25(31(4)14(3)32)26(34)13(2)39-29/h7-13,25-27,29,33-35H,1H2,2-6H3/t13-,25-,26-,27-,29+/m0/s1. The van der Waals surface area contributed by atoms with Crippen LogP contribution in [0.1, 0.15) is 31.1 Å². The minimum atomic E-state index is -1.37. The van der Waals surface area contributed by atoms with E-state index in [0.29, 0.717) is 27.6 Å². The normalized spacial score (nSPS) is 22.9. The molecule has 0 aliphatic carbocycles. The highest BCUT2D eigenvalue weighted by Gasteiger charge is 2.46. The molecule has 0 radical (unpaired) electrons. The highest BCUT2D eigenvalue weighted by atomic mass is 16.5. The van der Waals surface area contributed by atoms with E-state index < -0.39 is 36.1 Å². The molecule has 5 rings (SSSR count). The van der Waals surface area contributed by atoms with Crippen LogP contribution in [0.2, 0.25) is 0 Å². The topological polar surface area (TPSA) is 139 Å². The fraction of sp³-hybridized carbons (Fsp3) is 0.333. The molecule has 1 aromatic heterocycles. The van der Waals surface area contributed by atoms with E-state index >= 15 is 0 Å². The monoisotopic (exact) mass is 549 g/mol. The first kappa shape index (κ1) is 27.4. The second-order valence-electron chi connectivity index (χ2n) is 9.98. The Morgan fingerprint density at radius 2 is 1.70 bits per heavy atom. The average molecular weight is 550 g/mol. The number of amides is 1. The van der Waals surface area contributed by atoms with E-state index in [1.165, 1.54) is 39.2 Å². The molecule has 0 spiro atoms. The van der Waals surface area contributed by atoms with E-state index in [1.54, 1.807) is 37.3 Å². The van der Waals surface area contributed by atoms with Crippen molar-refractivity contribution in [2.45, 2.75) is 44.3 Å². The minimum Gasteiger partial charge on any atom is -0.507 e. The number of carbonyl (C=O) groups is 1. The Bertz CT molecular complexity index is 1730. The van der Waals surface area contributed by atoms with E-state index in [2.05, 4.69) is 6.58 Å². The average Bonchev–Trinajstić information content (AvgIpc) is 2.94. The van der Waals surface area contributed by atoms with E-state index in [9.17, 15) is 24.9 Å². The van der Waals surface area contributed by atoms with Gasteiger partial charge in [0.1, 0.15) is 41.1 Å². The molecule has 3 N–H and O–H groups in total. The lowest BCUT2D eigenvalue weighted by atomic mass is 9.86. The summed E-state index contributed by atoms with van der Waals surface area (Å²) in [6, 6.07) is 7.04. The van der Waals surface area contributed by atoms with Gasteiger partial charge in [-0.1, -0.05) is 18.7 Å². The molecule has 4 aromatic rings.